The maximum Gasteiger partial charge on any atom is 0.335 e. The lowest BCUT2D eigenvalue weighted by Crippen LogP contribution is -2.44. The Morgan fingerprint density at radius 3 is 2.25 bits per heavy atom. The van der Waals surface area contributed by atoms with Crippen molar-refractivity contribution in [3.8, 4) is 0 Å². The number of ether oxygens (including phenoxy) is 1. The average Bonchev–Trinajstić information content (AvgIpc) is 2.03. The Balaban J connectivity index is 4.20. The molecule has 0 aromatic carbocycles. The summed E-state index contributed by atoms with van der Waals surface area (Å²) in [5.41, 5.74) is 0. The number of carboxylic acid groups (broad SMARTS) is 1. The van der Waals surface area contributed by atoms with E-state index in [9.17, 15) is 4.79 Å². The Bertz CT molecular complexity index is 147. The molecule has 0 radical (unpaired) electrons. The summed E-state index contributed by atoms with van der Waals surface area (Å²) < 4.78 is 4.38. The molecule has 0 aliphatic carbocycles. The van der Waals surface area contributed by atoms with Crippen LogP contribution in [-0.2, 0) is 9.53 Å². The second-order valence-corrected chi connectivity index (χ2v) is 2.24. The van der Waals surface area contributed by atoms with Gasteiger partial charge in [0.05, 0.1) is 6.61 Å². The van der Waals surface area contributed by atoms with E-state index in [1.165, 1.54) is 0 Å². The summed E-state index contributed by atoms with van der Waals surface area (Å²) in [5.74, 6) is -1.39. The second-order valence-electron chi connectivity index (χ2n) is 2.24. The number of aliphatic hydroxyl groups is 3. The first kappa shape index (κ1) is 11.3. The lowest BCUT2D eigenvalue weighted by molar-refractivity contribution is -0.163. The molecule has 0 aliphatic heterocycles. The number of aliphatic carboxylic acids is 1. The summed E-state index contributed by atoms with van der Waals surface area (Å²) >= 11 is 0. The van der Waals surface area contributed by atoms with Crippen LogP contribution in [0.2, 0.25) is 0 Å². The molecule has 0 saturated carbocycles. The van der Waals surface area contributed by atoms with Gasteiger partial charge in [-0.2, -0.15) is 0 Å². The minimum absolute atomic E-state index is 0.714. The molecule has 0 amide bonds. The number of methoxy groups -OCH3 is 1. The Morgan fingerprint density at radius 1 is 1.50 bits per heavy atom. The number of hydrogen-bond donors (Lipinski definition) is 4. The van der Waals surface area contributed by atoms with Gasteiger partial charge in [0.25, 0.3) is 0 Å². The minimum atomic E-state index is -1.63. The smallest absolute Gasteiger partial charge is 0.335 e. The second kappa shape index (κ2) is 5.04. The van der Waals surface area contributed by atoms with Crippen LogP contribution in [0.15, 0.2) is 0 Å². The summed E-state index contributed by atoms with van der Waals surface area (Å²) in [7, 11) is 1.09. The molecule has 6 nitrogen and oxygen atoms in total. The molecule has 2 unspecified atom stereocenters. The van der Waals surface area contributed by atoms with Crippen molar-refractivity contribution in [2.45, 2.75) is 18.3 Å². The monoisotopic (exact) mass is 180 g/mol. The number of carboxylic acids is 1. The van der Waals surface area contributed by atoms with Crippen LogP contribution in [-0.4, -0.2) is 58.4 Å². The van der Waals surface area contributed by atoms with E-state index in [0.717, 1.165) is 7.11 Å². The number of carbonyl (C=O) groups is 1. The van der Waals surface area contributed by atoms with Gasteiger partial charge in [-0.1, -0.05) is 0 Å². The van der Waals surface area contributed by atoms with E-state index in [1.807, 2.05) is 0 Å². The number of rotatable bonds is 5. The Labute approximate surface area is 69.0 Å². The molecule has 0 aromatic rings. The standard InChI is InChI=1S/C6H12O6/c1-12-5(6(10)11)4(9)3(8)2-7/h3-5,7-9H,2H2,1H3,(H,10,11)/t3?,4?,5-/m1/s1. The molecule has 0 bridgehead atoms. The zero-order valence-electron chi connectivity index (χ0n) is 6.54. The van der Waals surface area contributed by atoms with Gasteiger partial charge in [-0.15, -0.1) is 0 Å². The van der Waals surface area contributed by atoms with Crippen molar-refractivity contribution < 1.29 is 30.0 Å². The SMILES string of the molecule is CO[C@@H](C(=O)O)C(O)C(O)CO. The molecule has 0 spiro atoms. The maximum absolute atomic E-state index is 10.3. The third-order valence-electron chi connectivity index (χ3n) is 1.39. The quantitative estimate of drug-likeness (QED) is 0.382. The molecule has 6 heteroatoms. The van der Waals surface area contributed by atoms with Crippen LogP contribution < -0.4 is 0 Å². The molecule has 0 aliphatic rings. The van der Waals surface area contributed by atoms with Gasteiger partial charge in [-0.05, 0) is 0 Å². The highest BCUT2D eigenvalue weighted by Gasteiger charge is 2.31. The van der Waals surface area contributed by atoms with Crippen LogP contribution in [0.5, 0.6) is 0 Å². The van der Waals surface area contributed by atoms with Gasteiger partial charge in [0.1, 0.15) is 12.2 Å². The third kappa shape index (κ3) is 2.74. The van der Waals surface area contributed by atoms with Gasteiger partial charge >= 0.3 is 5.97 Å². The lowest BCUT2D eigenvalue weighted by atomic mass is 10.1. The summed E-state index contributed by atoms with van der Waals surface area (Å²) in [6, 6.07) is 0. The highest BCUT2D eigenvalue weighted by atomic mass is 16.5. The van der Waals surface area contributed by atoms with Crippen molar-refractivity contribution in [1.29, 1.82) is 0 Å². The van der Waals surface area contributed by atoms with E-state index in [4.69, 9.17) is 20.4 Å². The zero-order chi connectivity index (χ0) is 9.72. The van der Waals surface area contributed by atoms with Crippen molar-refractivity contribution in [3.63, 3.8) is 0 Å². The summed E-state index contributed by atoms with van der Waals surface area (Å²) in [6.07, 6.45) is -4.66. The fourth-order valence-electron chi connectivity index (χ4n) is 0.696. The predicted octanol–water partition coefficient (Wildman–Crippen LogP) is -2.20. The lowest BCUT2D eigenvalue weighted by Gasteiger charge is -2.20. The maximum atomic E-state index is 10.3. The van der Waals surface area contributed by atoms with Crippen LogP contribution in [0.25, 0.3) is 0 Å². The van der Waals surface area contributed by atoms with E-state index in [0.29, 0.717) is 0 Å². The molecule has 0 saturated heterocycles. The van der Waals surface area contributed by atoms with Crippen LogP contribution >= 0.6 is 0 Å². The van der Waals surface area contributed by atoms with Gasteiger partial charge in [0, 0.05) is 7.11 Å². The summed E-state index contributed by atoms with van der Waals surface area (Å²) in [5, 5.41) is 34.6. The number of aliphatic hydroxyl groups excluding tert-OH is 3. The molecular weight excluding hydrogens is 168 g/mol. The zero-order valence-corrected chi connectivity index (χ0v) is 6.54. The molecule has 0 rings (SSSR count). The fraction of sp³-hybridized carbons (Fsp3) is 0.833. The van der Waals surface area contributed by atoms with Crippen LogP contribution in [0.3, 0.4) is 0 Å². The van der Waals surface area contributed by atoms with Crippen LogP contribution in [0.4, 0.5) is 0 Å². The van der Waals surface area contributed by atoms with Crippen molar-refractivity contribution in [2.24, 2.45) is 0 Å². The van der Waals surface area contributed by atoms with E-state index in [-0.39, 0.29) is 0 Å². The highest BCUT2D eigenvalue weighted by molar-refractivity contribution is 5.73. The Morgan fingerprint density at radius 2 is 2.00 bits per heavy atom. The normalized spacial score (nSPS) is 18.3. The van der Waals surface area contributed by atoms with Gasteiger partial charge < -0.3 is 25.2 Å². The first-order chi connectivity index (χ1) is 5.54. The van der Waals surface area contributed by atoms with Gasteiger partial charge in [0.15, 0.2) is 6.10 Å². The van der Waals surface area contributed by atoms with E-state index in [2.05, 4.69) is 4.74 Å². The van der Waals surface area contributed by atoms with Crippen LogP contribution in [0.1, 0.15) is 0 Å². The minimum Gasteiger partial charge on any atom is -0.479 e. The molecular formula is C6H12O6. The van der Waals surface area contributed by atoms with Gasteiger partial charge in [-0.25, -0.2) is 4.79 Å². The fourth-order valence-corrected chi connectivity index (χ4v) is 0.696. The summed E-state index contributed by atoms with van der Waals surface area (Å²) in [6.45, 7) is -0.714. The molecule has 3 atom stereocenters. The first-order valence-corrected chi connectivity index (χ1v) is 3.27. The van der Waals surface area contributed by atoms with Crippen molar-refractivity contribution >= 4 is 5.97 Å². The third-order valence-corrected chi connectivity index (χ3v) is 1.39. The Hall–Kier alpha value is -0.690. The number of hydrogen-bond acceptors (Lipinski definition) is 5. The molecule has 12 heavy (non-hydrogen) atoms. The topological polar surface area (TPSA) is 107 Å². The van der Waals surface area contributed by atoms with Crippen molar-refractivity contribution in [1.82, 2.24) is 0 Å². The van der Waals surface area contributed by atoms with Crippen molar-refractivity contribution in [3.05, 3.63) is 0 Å². The highest BCUT2D eigenvalue weighted by Crippen LogP contribution is 2.03. The van der Waals surface area contributed by atoms with Gasteiger partial charge in [-0.3, -0.25) is 0 Å². The summed E-state index contributed by atoms with van der Waals surface area (Å²) in [4.78, 5) is 10.3. The van der Waals surface area contributed by atoms with Crippen molar-refractivity contribution in [2.75, 3.05) is 13.7 Å². The molecule has 0 heterocycles. The molecule has 0 fully saturated rings. The molecule has 4 N–H and O–H groups in total. The predicted molar refractivity (Wildman–Crippen MR) is 37.5 cm³/mol. The van der Waals surface area contributed by atoms with Crippen LogP contribution in [0, 0.1) is 0 Å². The first-order valence-electron chi connectivity index (χ1n) is 3.27. The van der Waals surface area contributed by atoms with E-state index in [1.54, 1.807) is 0 Å². The van der Waals surface area contributed by atoms with E-state index < -0.39 is 30.9 Å². The average molecular weight is 180 g/mol. The van der Waals surface area contributed by atoms with Gasteiger partial charge in [0.2, 0.25) is 0 Å². The molecule has 72 valence electrons. The Kier molecular flexibility index (Phi) is 4.75. The largest absolute Gasteiger partial charge is 0.479 e. The molecule has 0 aromatic heterocycles. The van der Waals surface area contributed by atoms with E-state index >= 15 is 0 Å².